The van der Waals surface area contributed by atoms with Crippen LogP contribution in [0.1, 0.15) is 24.0 Å². The number of nitrogens with one attached hydrogen (secondary N) is 1. The van der Waals surface area contributed by atoms with Crippen molar-refractivity contribution in [1.29, 1.82) is 0 Å². The Morgan fingerprint density at radius 3 is 2.74 bits per heavy atom. The standard InChI is InChI=1S/C25H20ClN9O3/c1-33(25(37)38)16-5-2-14(3-6-16)24-27-12-19(30-24)21-8-9-22-29-18(11-23(36)35(21)22)17-10-15(26)4-7-20(17)34-13-28-31-32-34/h2-7,10-13,21H,8-9H2,1H3,(H,27,30)(H,37,38)/t21-/m0/s1. The average molecular weight is 530 g/mol. The predicted octanol–water partition coefficient (Wildman–Crippen LogP) is 3.58. The molecule has 0 bridgehead atoms. The number of imidazole rings is 1. The van der Waals surface area contributed by atoms with Gasteiger partial charge in [-0.05, 0) is 59.3 Å². The van der Waals surface area contributed by atoms with Crippen molar-refractivity contribution in [3.63, 3.8) is 0 Å². The van der Waals surface area contributed by atoms with E-state index in [9.17, 15) is 9.59 Å². The molecule has 6 rings (SSSR count). The predicted molar refractivity (Wildman–Crippen MR) is 139 cm³/mol. The second-order valence-electron chi connectivity index (χ2n) is 8.81. The van der Waals surface area contributed by atoms with E-state index in [0.29, 0.717) is 52.1 Å². The van der Waals surface area contributed by atoms with Gasteiger partial charge in [-0.25, -0.2) is 14.8 Å². The molecule has 0 saturated heterocycles. The van der Waals surface area contributed by atoms with E-state index in [-0.39, 0.29) is 11.6 Å². The first-order valence-electron chi connectivity index (χ1n) is 11.7. The molecule has 2 aromatic carbocycles. The molecule has 13 heteroatoms. The molecule has 0 aliphatic carbocycles. The normalized spacial score (nSPS) is 14.4. The molecule has 0 fully saturated rings. The molecule has 38 heavy (non-hydrogen) atoms. The molecule has 190 valence electrons. The first kappa shape index (κ1) is 23.6. The van der Waals surface area contributed by atoms with Gasteiger partial charge in [0.2, 0.25) is 0 Å². The van der Waals surface area contributed by atoms with E-state index in [4.69, 9.17) is 21.7 Å². The van der Waals surface area contributed by atoms with Crippen LogP contribution in [-0.4, -0.2) is 58.0 Å². The minimum absolute atomic E-state index is 0.188. The van der Waals surface area contributed by atoms with E-state index in [1.165, 1.54) is 24.1 Å². The van der Waals surface area contributed by atoms with Gasteiger partial charge in [0.25, 0.3) is 5.56 Å². The highest BCUT2D eigenvalue weighted by Crippen LogP contribution is 2.33. The van der Waals surface area contributed by atoms with Gasteiger partial charge in [-0.3, -0.25) is 14.3 Å². The molecule has 2 N–H and O–H groups in total. The molecule has 3 aromatic heterocycles. The topological polar surface area (TPSA) is 148 Å². The second-order valence-corrected chi connectivity index (χ2v) is 9.25. The Morgan fingerprint density at radius 1 is 1.18 bits per heavy atom. The number of aryl methyl sites for hydroxylation is 1. The van der Waals surface area contributed by atoms with Crippen LogP contribution in [0.3, 0.4) is 0 Å². The zero-order valence-electron chi connectivity index (χ0n) is 20.0. The van der Waals surface area contributed by atoms with E-state index < -0.39 is 6.09 Å². The molecule has 1 aliphatic heterocycles. The van der Waals surface area contributed by atoms with Gasteiger partial charge in [0.1, 0.15) is 18.0 Å². The van der Waals surface area contributed by atoms with Gasteiger partial charge >= 0.3 is 6.09 Å². The second kappa shape index (κ2) is 9.23. The number of rotatable bonds is 5. The van der Waals surface area contributed by atoms with Crippen molar-refractivity contribution in [2.45, 2.75) is 18.9 Å². The quantitative estimate of drug-likeness (QED) is 0.351. The monoisotopic (exact) mass is 529 g/mol. The van der Waals surface area contributed by atoms with Crippen molar-refractivity contribution in [2.75, 3.05) is 11.9 Å². The lowest BCUT2D eigenvalue weighted by Gasteiger charge is -2.14. The van der Waals surface area contributed by atoms with Crippen molar-refractivity contribution < 1.29 is 9.90 Å². The summed E-state index contributed by atoms with van der Waals surface area (Å²) in [6.45, 7) is 0. The molecule has 0 radical (unpaired) electrons. The summed E-state index contributed by atoms with van der Waals surface area (Å²) in [4.78, 5) is 38.3. The number of anilines is 1. The fourth-order valence-corrected chi connectivity index (χ4v) is 4.84. The highest BCUT2D eigenvalue weighted by molar-refractivity contribution is 6.31. The lowest BCUT2D eigenvalue weighted by molar-refractivity contribution is 0.203. The number of aromatic amines is 1. The lowest BCUT2D eigenvalue weighted by atomic mass is 10.1. The van der Waals surface area contributed by atoms with Crippen LogP contribution in [0.15, 0.2) is 65.8 Å². The maximum Gasteiger partial charge on any atom is 0.411 e. The van der Waals surface area contributed by atoms with Crippen LogP contribution in [0.5, 0.6) is 0 Å². The van der Waals surface area contributed by atoms with Crippen LogP contribution >= 0.6 is 11.6 Å². The summed E-state index contributed by atoms with van der Waals surface area (Å²) in [6, 6.07) is 13.5. The number of H-pyrrole nitrogens is 1. The van der Waals surface area contributed by atoms with Crippen molar-refractivity contribution in [3.05, 3.63) is 87.9 Å². The Kier molecular flexibility index (Phi) is 5.72. The van der Waals surface area contributed by atoms with Gasteiger partial charge in [0, 0.05) is 41.4 Å². The van der Waals surface area contributed by atoms with Crippen molar-refractivity contribution in [1.82, 2.24) is 39.7 Å². The third kappa shape index (κ3) is 4.10. The first-order chi connectivity index (χ1) is 18.4. The van der Waals surface area contributed by atoms with Crippen LogP contribution in [0, 0.1) is 0 Å². The Hall–Kier alpha value is -4.84. The highest BCUT2D eigenvalue weighted by atomic mass is 35.5. The van der Waals surface area contributed by atoms with Gasteiger partial charge in [-0.15, -0.1) is 5.10 Å². The van der Waals surface area contributed by atoms with Crippen LogP contribution in [-0.2, 0) is 6.42 Å². The Balaban J connectivity index is 1.32. The lowest BCUT2D eigenvalue weighted by Crippen LogP contribution is -2.24. The average Bonchev–Trinajstić information content (AvgIpc) is 3.69. The number of nitrogens with zero attached hydrogens (tertiary/aromatic N) is 8. The number of aromatic nitrogens is 8. The summed E-state index contributed by atoms with van der Waals surface area (Å²) in [5, 5.41) is 21.0. The molecule has 0 spiro atoms. The number of halogens is 1. The number of benzene rings is 2. The molecule has 0 unspecified atom stereocenters. The summed E-state index contributed by atoms with van der Waals surface area (Å²) in [5.74, 6) is 1.29. The third-order valence-electron chi connectivity index (χ3n) is 6.58. The fraction of sp³-hybridized carbons (Fsp3) is 0.160. The van der Waals surface area contributed by atoms with Crippen LogP contribution in [0.25, 0.3) is 28.3 Å². The van der Waals surface area contributed by atoms with Crippen molar-refractivity contribution >= 4 is 23.4 Å². The third-order valence-corrected chi connectivity index (χ3v) is 6.81. The van der Waals surface area contributed by atoms with Gasteiger partial charge in [0.05, 0.1) is 29.3 Å². The molecule has 12 nitrogen and oxygen atoms in total. The van der Waals surface area contributed by atoms with E-state index in [1.807, 2.05) is 0 Å². The molecule has 1 amide bonds. The Labute approximate surface area is 220 Å². The zero-order valence-corrected chi connectivity index (χ0v) is 20.7. The van der Waals surface area contributed by atoms with Crippen LogP contribution in [0.2, 0.25) is 5.02 Å². The van der Waals surface area contributed by atoms with E-state index in [1.54, 1.807) is 53.2 Å². The molecule has 1 atom stereocenters. The Bertz CT molecular complexity index is 1710. The van der Waals surface area contributed by atoms with Crippen LogP contribution < -0.4 is 10.5 Å². The molecular formula is C25H20ClN9O3. The van der Waals surface area contributed by atoms with Gasteiger partial charge in [0.15, 0.2) is 0 Å². The number of hydrogen-bond acceptors (Lipinski definition) is 7. The minimum Gasteiger partial charge on any atom is -0.465 e. The zero-order chi connectivity index (χ0) is 26.4. The largest absolute Gasteiger partial charge is 0.465 e. The first-order valence-corrected chi connectivity index (χ1v) is 12.0. The van der Waals surface area contributed by atoms with Gasteiger partial charge in [-0.2, -0.15) is 4.68 Å². The van der Waals surface area contributed by atoms with E-state index >= 15 is 0 Å². The number of amides is 1. The van der Waals surface area contributed by atoms with Crippen molar-refractivity contribution in [3.8, 4) is 28.3 Å². The minimum atomic E-state index is -1.04. The Morgan fingerprint density at radius 2 is 2.00 bits per heavy atom. The number of tetrazole rings is 1. The summed E-state index contributed by atoms with van der Waals surface area (Å²) < 4.78 is 3.19. The van der Waals surface area contributed by atoms with Gasteiger partial charge < -0.3 is 10.1 Å². The summed E-state index contributed by atoms with van der Waals surface area (Å²) in [5.41, 5.74) is 3.75. The molecular weight excluding hydrogens is 510 g/mol. The van der Waals surface area contributed by atoms with Crippen LogP contribution in [0.4, 0.5) is 10.5 Å². The number of carboxylic acid groups (broad SMARTS) is 1. The van der Waals surface area contributed by atoms with Gasteiger partial charge in [-0.1, -0.05) is 11.6 Å². The highest BCUT2D eigenvalue weighted by Gasteiger charge is 2.28. The molecule has 4 heterocycles. The summed E-state index contributed by atoms with van der Waals surface area (Å²) in [7, 11) is 1.48. The number of hydrogen-bond donors (Lipinski definition) is 2. The maximum absolute atomic E-state index is 13.4. The molecule has 1 aliphatic rings. The molecule has 5 aromatic rings. The maximum atomic E-state index is 13.4. The number of fused-ring (bicyclic) bond motifs is 1. The number of carbonyl (C=O) groups is 1. The fourth-order valence-electron chi connectivity index (χ4n) is 4.67. The smallest absolute Gasteiger partial charge is 0.411 e. The van der Waals surface area contributed by atoms with Crippen molar-refractivity contribution in [2.24, 2.45) is 0 Å². The SMILES string of the molecule is CN(C(=O)O)c1ccc(-c2ncc([C@@H]3CCc4nc(-c5cc(Cl)ccc5-n5cnnn5)cc(=O)n43)[nH]2)cc1. The summed E-state index contributed by atoms with van der Waals surface area (Å²) >= 11 is 6.27. The van der Waals surface area contributed by atoms with E-state index in [0.717, 1.165) is 16.2 Å². The molecule has 0 saturated carbocycles. The van der Waals surface area contributed by atoms with E-state index in [2.05, 4.69) is 25.5 Å². The summed E-state index contributed by atoms with van der Waals surface area (Å²) in [6.07, 6.45) is 3.45.